The molecule has 2 aromatic rings. The van der Waals surface area contributed by atoms with Gasteiger partial charge in [-0.15, -0.1) is 0 Å². The highest BCUT2D eigenvalue weighted by molar-refractivity contribution is 6.31. The molecule has 0 fully saturated rings. The SMILES string of the molecule is Cc1nn(C(C)C)c(C)c1NC(=O)c1cc(N)cc(Cl)c1. The highest BCUT2D eigenvalue weighted by atomic mass is 35.5. The smallest absolute Gasteiger partial charge is 0.255 e. The van der Waals surface area contributed by atoms with Gasteiger partial charge in [0.15, 0.2) is 0 Å². The second-order valence-electron chi connectivity index (χ2n) is 5.31. The van der Waals surface area contributed by atoms with Gasteiger partial charge in [0.05, 0.1) is 17.1 Å². The van der Waals surface area contributed by atoms with Gasteiger partial charge < -0.3 is 11.1 Å². The molecule has 6 heteroatoms. The first-order chi connectivity index (χ1) is 9.79. The average molecular weight is 307 g/mol. The highest BCUT2D eigenvalue weighted by Crippen LogP contribution is 2.24. The van der Waals surface area contributed by atoms with E-state index in [0.29, 0.717) is 16.3 Å². The van der Waals surface area contributed by atoms with Crippen LogP contribution in [-0.4, -0.2) is 15.7 Å². The normalized spacial score (nSPS) is 11.0. The van der Waals surface area contributed by atoms with Gasteiger partial charge in [-0.1, -0.05) is 11.6 Å². The van der Waals surface area contributed by atoms with E-state index in [1.807, 2.05) is 32.4 Å². The van der Waals surface area contributed by atoms with Crippen molar-refractivity contribution in [1.82, 2.24) is 9.78 Å². The number of nitrogens with zero attached hydrogens (tertiary/aromatic N) is 2. The minimum Gasteiger partial charge on any atom is -0.399 e. The fraction of sp³-hybridized carbons (Fsp3) is 0.333. The Balaban J connectivity index is 2.32. The molecule has 1 aromatic carbocycles. The predicted molar refractivity (Wildman–Crippen MR) is 85.9 cm³/mol. The van der Waals surface area contributed by atoms with Gasteiger partial charge in [-0.25, -0.2) is 0 Å². The summed E-state index contributed by atoms with van der Waals surface area (Å²) in [6, 6.07) is 5.02. The van der Waals surface area contributed by atoms with Crippen molar-refractivity contribution in [3.05, 3.63) is 40.2 Å². The van der Waals surface area contributed by atoms with Crippen molar-refractivity contribution in [3.8, 4) is 0 Å². The largest absolute Gasteiger partial charge is 0.399 e. The summed E-state index contributed by atoms with van der Waals surface area (Å²) in [6.07, 6.45) is 0. The quantitative estimate of drug-likeness (QED) is 0.851. The molecule has 1 amide bonds. The number of amides is 1. The summed E-state index contributed by atoms with van der Waals surface area (Å²) in [5, 5.41) is 7.77. The molecule has 112 valence electrons. The van der Waals surface area contributed by atoms with Crippen LogP contribution in [0.2, 0.25) is 5.02 Å². The highest BCUT2D eigenvalue weighted by Gasteiger charge is 2.17. The minimum absolute atomic E-state index is 0.233. The Labute approximate surface area is 129 Å². The fourth-order valence-corrected chi connectivity index (χ4v) is 2.52. The summed E-state index contributed by atoms with van der Waals surface area (Å²) < 4.78 is 1.89. The Morgan fingerprint density at radius 1 is 1.33 bits per heavy atom. The maximum absolute atomic E-state index is 12.3. The summed E-state index contributed by atoms with van der Waals surface area (Å²) in [6.45, 7) is 7.89. The summed E-state index contributed by atoms with van der Waals surface area (Å²) in [5.41, 5.74) is 9.03. The van der Waals surface area contributed by atoms with Crippen molar-refractivity contribution in [3.63, 3.8) is 0 Å². The lowest BCUT2D eigenvalue weighted by molar-refractivity contribution is 0.102. The van der Waals surface area contributed by atoms with E-state index in [-0.39, 0.29) is 11.9 Å². The molecule has 0 aliphatic heterocycles. The first-order valence-corrected chi connectivity index (χ1v) is 7.10. The van der Waals surface area contributed by atoms with Crippen molar-refractivity contribution in [2.75, 3.05) is 11.1 Å². The third kappa shape index (κ3) is 3.19. The molecule has 1 aromatic heterocycles. The Kier molecular flexibility index (Phi) is 4.23. The van der Waals surface area contributed by atoms with Crippen molar-refractivity contribution in [1.29, 1.82) is 0 Å². The van der Waals surface area contributed by atoms with Gasteiger partial charge in [-0.2, -0.15) is 5.10 Å². The fourth-order valence-electron chi connectivity index (χ4n) is 2.28. The maximum Gasteiger partial charge on any atom is 0.255 e. The Hall–Kier alpha value is -2.01. The van der Waals surface area contributed by atoms with Gasteiger partial charge in [0.25, 0.3) is 5.91 Å². The van der Waals surface area contributed by atoms with Crippen LogP contribution in [-0.2, 0) is 0 Å². The van der Waals surface area contributed by atoms with Gasteiger partial charge in [-0.05, 0) is 45.9 Å². The molecule has 0 bridgehead atoms. The first-order valence-electron chi connectivity index (χ1n) is 6.72. The minimum atomic E-state index is -0.251. The number of hydrogen-bond acceptors (Lipinski definition) is 3. The van der Waals surface area contributed by atoms with Gasteiger partial charge in [0, 0.05) is 22.3 Å². The topological polar surface area (TPSA) is 72.9 Å². The van der Waals surface area contributed by atoms with Gasteiger partial charge in [0.2, 0.25) is 0 Å². The van der Waals surface area contributed by atoms with E-state index in [1.54, 1.807) is 18.2 Å². The number of hydrogen-bond donors (Lipinski definition) is 2. The van der Waals surface area contributed by atoms with Crippen molar-refractivity contribution in [2.24, 2.45) is 0 Å². The van der Waals surface area contributed by atoms with Crippen LogP contribution in [0.5, 0.6) is 0 Å². The monoisotopic (exact) mass is 306 g/mol. The molecule has 0 aliphatic carbocycles. The van der Waals surface area contributed by atoms with Crippen LogP contribution in [0.4, 0.5) is 11.4 Å². The number of aryl methyl sites for hydroxylation is 1. The van der Waals surface area contributed by atoms with E-state index >= 15 is 0 Å². The second-order valence-corrected chi connectivity index (χ2v) is 5.75. The zero-order chi connectivity index (χ0) is 15.7. The number of benzene rings is 1. The molecule has 3 N–H and O–H groups in total. The number of halogens is 1. The molecule has 0 aliphatic rings. The summed E-state index contributed by atoms with van der Waals surface area (Å²) in [4.78, 5) is 12.3. The van der Waals surface area contributed by atoms with E-state index in [9.17, 15) is 4.79 Å². The number of nitrogen functional groups attached to an aromatic ring is 1. The number of nitrogens with one attached hydrogen (secondary N) is 1. The van der Waals surface area contributed by atoms with Gasteiger partial charge in [0.1, 0.15) is 0 Å². The molecule has 0 unspecified atom stereocenters. The van der Waals surface area contributed by atoms with Crippen molar-refractivity contribution >= 4 is 28.9 Å². The summed E-state index contributed by atoms with van der Waals surface area (Å²) in [5.74, 6) is -0.251. The number of anilines is 2. The molecule has 0 saturated heterocycles. The summed E-state index contributed by atoms with van der Waals surface area (Å²) in [7, 11) is 0. The van der Waals surface area contributed by atoms with E-state index in [0.717, 1.165) is 17.1 Å². The zero-order valence-corrected chi connectivity index (χ0v) is 13.3. The van der Waals surface area contributed by atoms with E-state index < -0.39 is 0 Å². The van der Waals surface area contributed by atoms with Crippen molar-refractivity contribution < 1.29 is 4.79 Å². The Morgan fingerprint density at radius 3 is 2.52 bits per heavy atom. The lowest BCUT2D eigenvalue weighted by Crippen LogP contribution is -2.14. The van der Waals surface area contributed by atoms with Gasteiger partial charge in [-0.3, -0.25) is 9.48 Å². The molecule has 0 atom stereocenters. The lowest BCUT2D eigenvalue weighted by atomic mass is 10.2. The molecule has 0 radical (unpaired) electrons. The van der Waals surface area contributed by atoms with Crippen LogP contribution < -0.4 is 11.1 Å². The third-order valence-electron chi connectivity index (χ3n) is 3.23. The average Bonchev–Trinajstić information content (AvgIpc) is 2.65. The van der Waals surface area contributed by atoms with Crippen LogP contribution in [0.1, 0.15) is 41.6 Å². The lowest BCUT2D eigenvalue weighted by Gasteiger charge is -2.10. The third-order valence-corrected chi connectivity index (χ3v) is 3.45. The van der Waals surface area contributed by atoms with E-state index in [4.69, 9.17) is 17.3 Å². The predicted octanol–water partition coefficient (Wildman–Crippen LogP) is 3.57. The van der Waals surface area contributed by atoms with Crippen LogP contribution in [0, 0.1) is 13.8 Å². The number of carbonyl (C=O) groups excluding carboxylic acids is 1. The zero-order valence-electron chi connectivity index (χ0n) is 12.6. The number of rotatable bonds is 3. The number of nitrogens with two attached hydrogens (primary N) is 1. The van der Waals surface area contributed by atoms with E-state index in [1.165, 1.54) is 0 Å². The summed E-state index contributed by atoms with van der Waals surface area (Å²) >= 11 is 5.93. The number of carbonyl (C=O) groups is 1. The standard InChI is InChI=1S/C15H19ClN4O/c1-8(2)20-10(4)14(9(3)19-20)18-15(21)11-5-12(16)7-13(17)6-11/h5-8H,17H2,1-4H3,(H,18,21). The van der Waals surface area contributed by atoms with Crippen LogP contribution >= 0.6 is 11.6 Å². The van der Waals surface area contributed by atoms with Crippen LogP contribution in [0.3, 0.4) is 0 Å². The molecule has 2 rings (SSSR count). The molecular formula is C15H19ClN4O. The number of aromatic nitrogens is 2. The Bertz CT molecular complexity index is 671. The molecule has 21 heavy (non-hydrogen) atoms. The van der Waals surface area contributed by atoms with Crippen molar-refractivity contribution in [2.45, 2.75) is 33.7 Å². The Morgan fingerprint density at radius 2 is 2.00 bits per heavy atom. The first kappa shape index (κ1) is 15.4. The molecule has 0 saturated carbocycles. The molecule has 0 spiro atoms. The molecule has 1 heterocycles. The maximum atomic E-state index is 12.3. The van der Waals surface area contributed by atoms with Crippen LogP contribution in [0.25, 0.3) is 0 Å². The second kappa shape index (κ2) is 5.77. The van der Waals surface area contributed by atoms with Gasteiger partial charge >= 0.3 is 0 Å². The van der Waals surface area contributed by atoms with E-state index in [2.05, 4.69) is 10.4 Å². The molecule has 5 nitrogen and oxygen atoms in total. The molecular weight excluding hydrogens is 288 g/mol. The van der Waals surface area contributed by atoms with Crippen LogP contribution in [0.15, 0.2) is 18.2 Å².